The summed E-state index contributed by atoms with van der Waals surface area (Å²) in [4.78, 5) is 19.7. The summed E-state index contributed by atoms with van der Waals surface area (Å²) in [7, 11) is 0. The van der Waals surface area contributed by atoms with Gasteiger partial charge in [0.05, 0.1) is 17.8 Å². The molecule has 0 spiro atoms. The molecule has 0 radical (unpaired) electrons. The van der Waals surface area contributed by atoms with Crippen LogP contribution >= 0.6 is 0 Å². The Kier molecular flexibility index (Phi) is 4.06. The van der Waals surface area contributed by atoms with E-state index in [0.29, 0.717) is 11.3 Å². The molecule has 0 fully saturated rings. The molecule has 0 bridgehead atoms. The lowest BCUT2D eigenvalue weighted by atomic mass is 9.97. The van der Waals surface area contributed by atoms with Gasteiger partial charge in [-0.25, -0.2) is 4.98 Å². The van der Waals surface area contributed by atoms with Gasteiger partial charge in [-0.2, -0.15) is 5.26 Å². The van der Waals surface area contributed by atoms with E-state index in [-0.39, 0.29) is 17.5 Å². The van der Waals surface area contributed by atoms with Gasteiger partial charge < -0.3 is 5.32 Å². The summed E-state index contributed by atoms with van der Waals surface area (Å²) >= 11 is 0. The van der Waals surface area contributed by atoms with Crippen LogP contribution in [0.5, 0.6) is 0 Å². The first-order chi connectivity index (χ1) is 9.61. The van der Waals surface area contributed by atoms with E-state index in [1.165, 1.54) is 18.6 Å². The highest BCUT2D eigenvalue weighted by atomic mass is 16.1. The van der Waals surface area contributed by atoms with E-state index >= 15 is 0 Å². The van der Waals surface area contributed by atoms with Crippen LogP contribution in [-0.4, -0.2) is 15.9 Å². The predicted octanol–water partition coefficient (Wildman–Crippen LogP) is 2.72. The van der Waals surface area contributed by atoms with Crippen molar-refractivity contribution in [3.63, 3.8) is 0 Å². The first-order valence-corrected chi connectivity index (χ1v) is 6.23. The maximum atomic E-state index is 11.9. The van der Waals surface area contributed by atoms with E-state index in [0.717, 1.165) is 5.56 Å². The minimum absolute atomic E-state index is 0.235. The van der Waals surface area contributed by atoms with Gasteiger partial charge in [-0.05, 0) is 23.6 Å². The number of aromatic nitrogens is 2. The molecule has 5 nitrogen and oxygen atoms in total. The van der Waals surface area contributed by atoms with E-state index in [4.69, 9.17) is 5.26 Å². The minimum Gasteiger partial charge on any atom is -0.321 e. The highest BCUT2D eigenvalue weighted by molar-refractivity contribution is 6.02. The Morgan fingerprint density at radius 2 is 2.15 bits per heavy atom. The zero-order chi connectivity index (χ0) is 14.5. The van der Waals surface area contributed by atoms with Gasteiger partial charge in [0, 0.05) is 18.1 Å². The van der Waals surface area contributed by atoms with Gasteiger partial charge in [-0.1, -0.05) is 19.9 Å². The third-order valence-electron chi connectivity index (χ3n) is 2.85. The molecule has 20 heavy (non-hydrogen) atoms. The molecule has 100 valence electrons. The highest BCUT2D eigenvalue weighted by Gasteiger charge is 2.11. The Balaban J connectivity index is 2.23. The largest absolute Gasteiger partial charge is 0.321 e. The molecule has 0 saturated carbocycles. The van der Waals surface area contributed by atoms with Crippen molar-refractivity contribution in [2.24, 2.45) is 0 Å². The van der Waals surface area contributed by atoms with E-state index in [9.17, 15) is 4.79 Å². The van der Waals surface area contributed by atoms with Crippen molar-refractivity contribution < 1.29 is 4.79 Å². The molecule has 2 rings (SSSR count). The van der Waals surface area contributed by atoms with Crippen LogP contribution in [-0.2, 0) is 0 Å². The van der Waals surface area contributed by atoms with Gasteiger partial charge >= 0.3 is 0 Å². The van der Waals surface area contributed by atoms with Crippen molar-refractivity contribution >= 4 is 11.6 Å². The van der Waals surface area contributed by atoms with Crippen LogP contribution in [0.15, 0.2) is 36.8 Å². The first-order valence-electron chi connectivity index (χ1n) is 6.23. The van der Waals surface area contributed by atoms with E-state index in [1.807, 2.05) is 19.9 Å². The second-order valence-corrected chi connectivity index (χ2v) is 4.61. The van der Waals surface area contributed by atoms with Crippen molar-refractivity contribution in [2.75, 3.05) is 5.32 Å². The number of hydrogen-bond acceptors (Lipinski definition) is 4. The summed E-state index contributed by atoms with van der Waals surface area (Å²) in [5.41, 5.74) is 2.34. The highest BCUT2D eigenvalue weighted by Crippen LogP contribution is 2.22. The number of carbonyl (C=O) groups excluding carboxylic acids is 1. The number of nitriles is 1. The van der Waals surface area contributed by atoms with Crippen LogP contribution in [0.3, 0.4) is 0 Å². The average Bonchev–Trinajstić information content (AvgIpc) is 2.47. The molecule has 1 aromatic heterocycles. The van der Waals surface area contributed by atoms with Crippen LogP contribution in [0.2, 0.25) is 0 Å². The Labute approximate surface area is 117 Å². The molecule has 0 aliphatic carbocycles. The zero-order valence-corrected chi connectivity index (χ0v) is 11.3. The fourth-order valence-electron chi connectivity index (χ4n) is 1.85. The second kappa shape index (κ2) is 5.93. The van der Waals surface area contributed by atoms with E-state index < -0.39 is 0 Å². The van der Waals surface area contributed by atoms with Crippen molar-refractivity contribution in [3.05, 3.63) is 53.6 Å². The Hall–Kier alpha value is -2.74. The number of amides is 1. The number of anilines is 1. The lowest BCUT2D eigenvalue weighted by Gasteiger charge is -2.10. The molecule has 0 aliphatic rings. The number of nitrogens with one attached hydrogen (secondary N) is 1. The maximum absolute atomic E-state index is 11.9. The molecule has 1 N–H and O–H groups in total. The van der Waals surface area contributed by atoms with Gasteiger partial charge in [-0.15, -0.1) is 0 Å². The molecule has 0 aliphatic heterocycles. The fraction of sp³-hybridized carbons (Fsp3) is 0.200. The monoisotopic (exact) mass is 266 g/mol. The number of nitrogens with zero attached hydrogens (tertiary/aromatic N) is 3. The third kappa shape index (κ3) is 2.98. The molecule has 0 atom stereocenters. The van der Waals surface area contributed by atoms with E-state index in [2.05, 4.69) is 21.4 Å². The molecule has 0 unspecified atom stereocenters. The normalized spacial score (nSPS) is 10.1. The third-order valence-corrected chi connectivity index (χ3v) is 2.85. The zero-order valence-electron chi connectivity index (χ0n) is 11.3. The van der Waals surface area contributed by atoms with Gasteiger partial charge in [0.1, 0.15) is 5.69 Å². The molecule has 5 heteroatoms. The average molecular weight is 266 g/mol. The summed E-state index contributed by atoms with van der Waals surface area (Å²) in [6, 6.07) is 7.46. The molecule has 1 heterocycles. The Morgan fingerprint density at radius 3 is 2.75 bits per heavy atom. The number of carbonyl (C=O) groups is 1. The maximum Gasteiger partial charge on any atom is 0.275 e. The molecular formula is C15H14N4O. The van der Waals surface area contributed by atoms with Gasteiger partial charge in [-0.3, -0.25) is 9.78 Å². The van der Waals surface area contributed by atoms with Crippen molar-refractivity contribution in [1.29, 1.82) is 5.26 Å². The van der Waals surface area contributed by atoms with Crippen LogP contribution in [0, 0.1) is 11.3 Å². The topological polar surface area (TPSA) is 78.7 Å². The smallest absolute Gasteiger partial charge is 0.275 e. The molecule has 1 aromatic carbocycles. The Morgan fingerprint density at radius 1 is 1.35 bits per heavy atom. The lowest BCUT2D eigenvalue weighted by molar-refractivity contribution is 0.102. The molecular weight excluding hydrogens is 252 g/mol. The van der Waals surface area contributed by atoms with E-state index in [1.54, 1.807) is 12.1 Å². The summed E-state index contributed by atoms with van der Waals surface area (Å²) in [5.74, 6) is -0.0892. The van der Waals surface area contributed by atoms with Crippen LogP contribution < -0.4 is 5.32 Å². The number of benzene rings is 1. The van der Waals surface area contributed by atoms with Gasteiger partial charge in [0.2, 0.25) is 0 Å². The summed E-state index contributed by atoms with van der Waals surface area (Å²) in [6.45, 7) is 4.04. The molecule has 1 amide bonds. The summed E-state index contributed by atoms with van der Waals surface area (Å²) in [6.07, 6.45) is 4.35. The fourth-order valence-corrected chi connectivity index (χ4v) is 1.85. The Bertz CT molecular complexity index is 659. The van der Waals surface area contributed by atoms with Gasteiger partial charge in [0.15, 0.2) is 0 Å². The number of rotatable bonds is 3. The van der Waals surface area contributed by atoms with Crippen molar-refractivity contribution in [2.45, 2.75) is 19.8 Å². The standard InChI is InChI=1S/C15H14N4O/c1-10(2)13-4-3-12(7-11(13)8-16)19-15(20)14-9-17-5-6-18-14/h3-7,9-10H,1-2H3,(H,19,20). The second-order valence-electron chi connectivity index (χ2n) is 4.61. The SMILES string of the molecule is CC(C)c1ccc(NC(=O)c2cnccn2)cc1C#N. The van der Waals surface area contributed by atoms with Crippen molar-refractivity contribution in [1.82, 2.24) is 9.97 Å². The molecule has 0 saturated heterocycles. The lowest BCUT2D eigenvalue weighted by Crippen LogP contribution is -2.14. The minimum atomic E-state index is -0.348. The van der Waals surface area contributed by atoms with Crippen molar-refractivity contribution in [3.8, 4) is 6.07 Å². The summed E-state index contributed by atoms with van der Waals surface area (Å²) in [5, 5.41) is 11.9. The van der Waals surface area contributed by atoms with Crippen LogP contribution in [0.1, 0.15) is 41.4 Å². The van der Waals surface area contributed by atoms with Crippen LogP contribution in [0.25, 0.3) is 0 Å². The quantitative estimate of drug-likeness (QED) is 0.926. The number of hydrogen-bond donors (Lipinski definition) is 1. The summed E-state index contributed by atoms with van der Waals surface area (Å²) < 4.78 is 0. The first kappa shape index (κ1) is 13.7. The van der Waals surface area contributed by atoms with Gasteiger partial charge in [0.25, 0.3) is 5.91 Å². The van der Waals surface area contributed by atoms with Crippen LogP contribution in [0.4, 0.5) is 5.69 Å². The predicted molar refractivity (Wildman–Crippen MR) is 75.2 cm³/mol. The molecule has 2 aromatic rings.